The summed E-state index contributed by atoms with van der Waals surface area (Å²) in [6.07, 6.45) is 0. The van der Waals surface area contributed by atoms with Gasteiger partial charge in [0.25, 0.3) is 0 Å². The molecule has 2 rings (SSSR count). The standard InChI is InChI=1S/C18H23NO2/c1-3-19-12-15-4-6-16(7-5-15)13-21-14-17-8-10-18(20-2)11-9-17/h4-11,19H,3,12-14H2,1-2H3. The molecule has 3 nitrogen and oxygen atoms in total. The Morgan fingerprint density at radius 3 is 1.86 bits per heavy atom. The van der Waals surface area contributed by atoms with Gasteiger partial charge >= 0.3 is 0 Å². The van der Waals surface area contributed by atoms with Crippen molar-refractivity contribution in [1.29, 1.82) is 0 Å². The van der Waals surface area contributed by atoms with E-state index in [4.69, 9.17) is 9.47 Å². The smallest absolute Gasteiger partial charge is 0.118 e. The van der Waals surface area contributed by atoms with Crippen LogP contribution in [0, 0.1) is 0 Å². The minimum absolute atomic E-state index is 0.614. The zero-order valence-electron chi connectivity index (χ0n) is 12.8. The fourth-order valence-corrected chi connectivity index (χ4v) is 2.03. The molecule has 2 aromatic rings. The van der Waals surface area contributed by atoms with Crippen LogP contribution in [-0.2, 0) is 24.5 Å². The van der Waals surface area contributed by atoms with Crippen molar-refractivity contribution < 1.29 is 9.47 Å². The van der Waals surface area contributed by atoms with Gasteiger partial charge in [-0.15, -0.1) is 0 Å². The number of rotatable bonds is 8. The molecule has 3 heteroatoms. The average molecular weight is 285 g/mol. The first kappa shape index (κ1) is 15.5. The Morgan fingerprint density at radius 2 is 1.33 bits per heavy atom. The number of benzene rings is 2. The Hall–Kier alpha value is -1.84. The Kier molecular flexibility index (Phi) is 6.25. The Morgan fingerprint density at radius 1 is 0.810 bits per heavy atom. The van der Waals surface area contributed by atoms with Gasteiger partial charge in [0, 0.05) is 6.54 Å². The van der Waals surface area contributed by atoms with Gasteiger partial charge in [-0.2, -0.15) is 0 Å². The number of ether oxygens (including phenoxy) is 2. The first-order valence-corrected chi connectivity index (χ1v) is 7.31. The molecule has 0 saturated carbocycles. The third kappa shape index (κ3) is 5.21. The molecule has 0 spiro atoms. The van der Waals surface area contributed by atoms with Crippen molar-refractivity contribution in [3.63, 3.8) is 0 Å². The highest BCUT2D eigenvalue weighted by Gasteiger charge is 1.98. The van der Waals surface area contributed by atoms with Gasteiger partial charge in [0.05, 0.1) is 20.3 Å². The van der Waals surface area contributed by atoms with Crippen molar-refractivity contribution in [2.24, 2.45) is 0 Å². The molecule has 1 N–H and O–H groups in total. The molecule has 0 aliphatic rings. The van der Waals surface area contributed by atoms with Gasteiger partial charge in [0.1, 0.15) is 5.75 Å². The van der Waals surface area contributed by atoms with Gasteiger partial charge in [-0.05, 0) is 35.4 Å². The van der Waals surface area contributed by atoms with Crippen LogP contribution in [0.25, 0.3) is 0 Å². The quantitative estimate of drug-likeness (QED) is 0.805. The van der Waals surface area contributed by atoms with E-state index in [-0.39, 0.29) is 0 Å². The van der Waals surface area contributed by atoms with Crippen LogP contribution in [0.4, 0.5) is 0 Å². The van der Waals surface area contributed by atoms with Crippen molar-refractivity contribution in [2.45, 2.75) is 26.7 Å². The normalized spacial score (nSPS) is 10.6. The van der Waals surface area contributed by atoms with Crippen LogP contribution < -0.4 is 10.1 Å². The van der Waals surface area contributed by atoms with Crippen LogP contribution in [-0.4, -0.2) is 13.7 Å². The lowest BCUT2D eigenvalue weighted by molar-refractivity contribution is 0.107. The Bertz CT molecular complexity index is 520. The summed E-state index contributed by atoms with van der Waals surface area (Å²) >= 11 is 0. The number of methoxy groups -OCH3 is 1. The molecule has 112 valence electrons. The zero-order valence-corrected chi connectivity index (χ0v) is 12.8. The average Bonchev–Trinajstić information content (AvgIpc) is 2.55. The van der Waals surface area contributed by atoms with Crippen molar-refractivity contribution in [3.05, 3.63) is 65.2 Å². The highest BCUT2D eigenvalue weighted by atomic mass is 16.5. The molecule has 0 atom stereocenters. The highest BCUT2D eigenvalue weighted by molar-refractivity contribution is 5.26. The molecular weight excluding hydrogens is 262 g/mol. The second-order valence-corrected chi connectivity index (χ2v) is 4.94. The van der Waals surface area contributed by atoms with Gasteiger partial charge in [-0.1, -0.05) is 43.3 Å². The van der Waals surface area contributed by atoms with Gasteiger partial charge in [0.15, 0.2) is 0 Å². The molecule has 0 aliphatic heterocycles. The highest BCUT2D eigenvalue weighted by Crippen LogP contribution is 2.13. The minimum atomic E-state index is 0.614. The molecular formula is C18H23NO2. The van der Waals surface area contributed by atoms with Gasteiger partial charge in [-0.25, -0.2) is 0 Å². The van der Waals surface area contributed by atoms with E-state index in [1.54, 1.807) is 7.11 Å². The molecule has 0 amide bonds. The van der Waals surface area contributed by atoms with E-state index >= 15 is 0 Å². The van der Waals surface area contributed by atoms with Gasteiger partial charge in [0.2, 0.25) is 0 Å². The van der Waals surface area contributed by atoms with Crippen molar-refractivity contribution in [1.82, 2.24) is 5.32 Å². The van der Waals surface area contributed by atoms with E-state index in [1.165, 1.54) is 11.1 Å². The summed E-state index contributed by atoms with van der Waals surface area (Å²) in [7, 11) is 1.67. The summed E-state index contributed by atoms with van der Waals surface area (Å²) in [5.41, 5.74) is 3.65. The summed E-state index contributed by atoms with van der Waals surface area (Å²) in [5.74, 6) is 0.870. The summed E-state index contributed by atoms with van der Waals surface area (Å²) in [6.45, 7) is 5.27. The third-order valence-corrected chi connectivity index (χ3v) is 3.30. The third-order valence-electron chi connectivity index (χ3n) is 3.30. The largest absolute Gasteiger partial charge is 0.497 e. The van der Waals surface area contributed by atoms with E-state index < -0.39 is 0 Å². The first-order chi connectivity index (χ1) is 10.3. The molecule has 0 saturated heterocycles. The Balaban J connectivity index is 1.77. The lowest BCUT2D eigenvalue weighted by Gasteiger charge is -2.07. The maximum absolute atomic E-state index is 5.74. The molecule has 0 fully saturated rings. The predicted octanol–water partition coefficient (Wildman–Crippen LogP) is 3.52. The summed E-state index contributed by atoms with van der Waals surface area (Å²) in [4.78, 5) is 0. The molecule has 21 heavy (non-hydrogen) atoms. The first-order valence-electron chi connectivity index (χ1n) is 7.31. The SMILES string of the molecule is CCNCc1ccc(COCc2ccc(OC)cc2)cc1. The van der Waals surface area contributed by atoms with Crippen LogP contribution in [0.1, 0.15) is 23.6 Å². The molecule has 2 aromatic carbocycles. The second kappa shape index (κ2) is 8.45. The van der Waals surface area contributed by atoms with E-state index in [0.29, 0.717) is 13.2 Å². The maximum Gasteiger partial charge on any atom is 0.118 e. The molecule has 0 aromatic heterocycles. The summed E-state index contributed by atoms with van der Waals surface area (Å²) < 4.78 is 10.9. The Labute approximate surface area is 126 Å². The van der Waals surface area contributed by atoms with Crippen molar-refractivity contribution in [2.75, 3.05) is 13.7 Å². The summed E-state index contributed by atoms with van der Waals surface area (Å²) in [6, 6.07) is 16.5. The molecule has 0 heterocycles. The molecule has 0 radical (unpaired) electrons. The van der Waals surface area contributed by atoms with Gasteiger partial charge in [-0.3, -0.25) is 0 Å². The topological polar surface area (TPSA) is 30.5 Å². The molecule has 0 bridgehead atoms. The fraction of sp³-hybridized carbons (Fsp3) is 0.333. The van der Waals surface area contributed by atoms with E-state index in [9.17, 15) is 0 Å². The van der Waals surface area contributed by atoms with Crippen molar-refractivity contribution in [3.8, 4) is 5.75 Å². The van der Waals surface area contributed by atoms with E-state index in [1.807, 2.05) is 24.3 Å². The van der Waals surface area contributed by atoms with Crippen LogP contribution in [0.5, 0.6) is 5.75 Å². The molecule has 0 aliphatic carbocycles. The number of nitrogens with one attached hydrogen (secondary N) is 1. The second-order valence-electron chi connectivity index (χ2n) is 4.94. The lowest BCUT2D eigenvalue weighted by Crippen LogP contribution is -2.11. The fourth-order valence-electron chi connectivity index (χ4n) is 2.03. The minimum Gasteiger partial charge on any atom is -0.497 e. The zero-order chi connectivity index (χ0) is 14.9. The predicted molar refractivity (Wildman–Crippen MR) is 85.3 cm³/mol. The summed E-state index contributed by atoms with van der Waals surface area (Å²) in [5, 5.41) is 3.32. The number of hydrogen-bond donors (Lipinski definition) is 1. The van der Waals surface area contributed by atoms with Gasteiger partial charge < -0.3 is 14.8 Å². The van der Waals surface area contributed by atoms with E-state index in [0.717, 1.165) is 24.4 Å². The molecule has 0 unspecified atom stereocenters. The van der Waals surface area contributed by atoms with Crippen molar-refractivity contribution >= 4 is 0 Å². The maximum atomic E-state index is 5.74. The monoisotopic (exact) mass is 285 g/mol. The van der Waals surface area contributed by atoms with E-state index in [2.05, 4.69) is 36.5 Å². The number of hydrogen-bond acceptors (Lipinski definition) is 3. The van der Waals surface area contributed by atoms with Crippen LogP contribution >= 0.6 is 0 Å². The van der Waals surface area contributed by atoms with Crippen LogP contribution in [0.3, 0.4) is 0 Å². The van der Waals surface area contributed by atoms with Crippen LogP contribution in [0.15, 0.2) is 48.5 Å². The lowest BCUT2D eigenvalue weighted by atomic mass is 10.1. The van der Waals surface area contributed by atoms with Crippen LogP contribution in [0.2, 0.25) is 0 Å².